The summed E-state index contributed by atoms with van der Waals surface area (Å²) in [4.78, 5) is 40.3. The number of ether oxygens (including phenoxy) is 3. The summed E-state index contributed by atoms with van der Waals surface area (Å²) in [6.07, 6.45) is 1.24. The number of alkyl carbamates (subject to hydrolysis) is 2. The summed E-state index contributed by atoms with van der Waals surface area (Å²) < 4.78 is 20.6. The van der Waals surface area contributed by atoms with Crippen molar-refractivity contribution in [3.8, 4) is 23.1 Å². The Labute approximate surface area is 230 Å². The molecule has 0 fully saturated rings. The van der Waals surface area contributed by atoms with Gasteiger partial charge in [0.1, 0.15) is 12.4 Å². The number of nitriles is 1. The summed E-state index contributed by atoms with van der Waals surface area (Å²) in [5.41, 5.74) is 2.36. The lowest BCUT2D eigenvalue weighted by Gasteiger charge is -2.16. The van der Waals surface area contributed by atoms with Gasteiger partial charge in [-0.15, -0.1) is 0 Å². The smallest absolute Gasteiger partial charge is 0.412 e. The van der Waals surface area contributed by atoms with Crippen molar-refractivity contribution in [3.63, 3.8) is 0 Å². The number of methoxy groups -OCH3 is 1. The molecule has 13 nitrogen and oxygen atoms in total. The number of oxazole rings is 1. The molecule has 3 aromatic rings. The predicted molar refractivity (Wildman–Crippen MR) is 144 cm³/mol. The molecule has 0 aliphatic carbocycles. The molecule has 2 aromatic carbocycles. The summed E-state index contributed by atoms with van der Waals surface area (Å²) >= 11 is 0. The molecule has 1 heterocycles. The van der Waals surface area contributed by atoms with E-state index in [9.17, 15) is 14.4 Å². The Balaban J connectivity index is 1.49. The SMILES string of the molecule is C=C(C)OC(=O)N[C@H](CC#N)COC(=O)NCc1cccc(NC(=O)Nc2ccc(-c3cnco3)c(OC)c2)c1. The zero-order valence-corrected chi connectivity index (χ0v) is 21.9. The molecule has 1 aromatic heterocycles. The average molecular weight is 549 g/mol. The zero-order valence-electron chi connectivity index (χ0n) is 21.9. The van der Waals surface area contributed by atoms with Crippen molar-refractivity contribution >= 4 is 29.6 Å². The number of nitrogens with zero attached hydrogens (tertiary/aromatic N) is 2. The predicted octanol–water partition coefficient (Wildman–Crippen LogP) is 4.76. The van der Waals surface area contributed by atoms with Crippen molar-refractivity contribution in [2.75, 3.05) is 24.4 Å². The van der Waals surface area contributed by atoms with E-state index >= 15 is 0 Å². The van der Waals surface area contributed by atoms with Crippen LogP contribution in [0.4, 0.5) is 25.8 Å². The molecule has 3 rings (SSSR count). The molecule has 40 heavy (non-hydrogen) atoms. The third kappa shape index (κ3) is 9.10. The lowest BCUT2D eigenvalue weighted by Crippen LogP contribution is -2.39. The van der Waals surface area contributed by atoms with Crippen LogP contribution in [0.5, 0.6) is 5.75 Å². The first kappa shape index (κ1) is 29.1. The van der Waals surface area contributed by atoms with Gasteiger partial charge in [0, 0.05) is 24.0 Å². The summed E-state index contributed by atoms with van der Waals surface area (Å²) in [5, 5.41) is 19.4. The summed E-state index contributed by atoms with van der Waals surface area (Å²) in [5.74, 6) is 1.21. The Morgan fingerprint density at radius 3 is 2.58 bits per heavy atom. The standard InChI is InChI=1S/C27H28N6O7/c1-17(2)40-27(36)33-21(9-10-28)15-38-26(35)30-13-18-5-4-6-19(11-18)31-25(34)32-20-7-8-22(23(12-20)37-3)24-14-29-16-39-24/h4-8,11-12,14,16,21H,1,9,13,15H2,2-3H3,(H,30,35)(H,33,36)(H2,31,32,34)/t21-/m1/s1. The van der Waals surface area contributed by atoms with Crippen molar-refractivity contribution in [3.05, 3.63) is 73.0 Å². The largest absolute Gasteiger partial charge is 0.496 e. The van der Waals surface area contributed by atoms with Crippen LogP contribution in [0.1, 0.15) is 18.9 Å². The molecular weight excluding hydrogens is 520 g/mol. The molecule has 13 heteroatoms. The van der Waals surface area contributed by atoms with Gasteiger partial charge < -0.3 is 39.9 Å². The van der Waals surface area contributed by atoms with E-state index in [-0.39, 0.29) is 25.3 Å². The highest BCUT2D eigenvalue weighted by molar-refractivity contribution is 6.00. The van der Waals surface area contributed by atoms with Gasteiger partial charge in [0.15, 0.2) is 12.2 Å². The normalized spacial score (nSPS) is 10.8. The van der Waals surface area contributed by atoms with Crippen LogP contribution in [0.25, 0.3) is 11.3 Å². The Bertz CT molecular complexity index is 1380. The van der Waals surface area contributed by atoms with E-state index in [4.69, 9.17) is 23.9 Å². The summed E-state index contributed by atoms with van der Waals surface area (Å²) in [6.45, 7) is 4.81. The van der Waals surface area contributed by atoms with Crippen LogP contribution < -0.4 is 26.0 Å². The van der Waals surface area contributed by atoms with E-state index in [0.717, 1.165) is 0 Å². The molecule has 208 valence electrons. The van der Waals surface area contributed by atoms with E-state index in [1.54, 1.807) is 48.7 Å². The van der Waals surface area contributed by atoms with Gasteiger partial charge in [-0.25, -0.2) is 19.4 Å². The molecule has 0 aliphatic heterocycles. The number of benzene rings is 2. The molecular formula is C27H28N6O7. The maximum Gasteiger partial charge on any atom is 0.412 e. The maximum atomic E-state index is 12.6. The Kier molecular flexibility index (Phi) is 10.5. The van der Waals surface area contributed by atoms with Gasteiger partial charge in [0.2, 0.25) is 0 Å². The van der Waals surface area contributed by atoms with Crippen LogP contribution >= 0.6 is 0 Å². The lowest BCUT2D eigenvalue weighted by molar-refractivity contribution is 0.127. The second-order valence-electron chi connectivity index (χ2n) is 8.31. The number of aromatic nitrogens is 1. The second-order valence-corrected chi connectivity index (χ2v) is 8.31. The summed E-state index contributed by atoms with van der Waals surface area (Å²) in [7, 11) is 1.51. The van der Waals surface area contributed by atoms with Gasteiger partial charge in [-0.2, -0.15) is 5.26 Å². The van der Waals surface area contributed by atoms with Crippen molar-refractivity contribution < 1.29 is 33.0 Å². The minimum atomic E-state index is -0.798. The third-order valence-electron chi connectivity index (χ3n) is 5.12. The molecule has 1 atom stereocenters. The number of hydrogen-bond acceptors (Lipinski definition) is 9. The molecule has 0 bridgehead atoms. The molecule has 0 saturated carbocycles. The monoisotopic (exact) mass is 548 g/mol. The third-order valence-corrected chi connectivity index (χ3v) is 5.12. The zero-order chi connectivity index (χ0) is 28.9. The number of nitrogens with one attached hydrogen (secondary N) is 4. The molecule has 0 aliphatic rings. The number of hydrogen-bond donors (Lipinski definition) is 4. The summed E-state index contributed by atoms with van der Waals surface area (Å²) in [6, 6.07) is 12.6. The van der Waals surface area contributed by atoms with E-state index < -0.39 is 24.3 Å². The Morgan fingerprint density at radius 2 is 1.90 bits per heavy atom. The van der Waals surface area contributed by atoms with E-state index in [1.807, 2.05) is 6.07 Å². The highest BCUT2D eigenvalue weighted by Crippen LogP contribution is 2.32. The van der Waals surface area contributed by atoms with Crippen LogP contribution in [-0.4, -0.2) is 43.0 Å². The van der Waals surface area contributed by atoms with Crippen LogP contribution in [0.2, 0.25) is 0 Å². The minimum Gasteiger partial charge on any atom is -0.496 e. The van der Waals surface area contributed by atoms with Gasteiger partial charge in [0.25, 0.3) is 0 Å². The number of urea groups is 1. The van der Waals surface area contributed by atoms with Gasteiger partial charge in [0.05, 0.1) is 43.2 Å². The van der Waals surface area contributed by atoms with Gasteiger partial charge in [-0.3, -0.25) is 0 Å². The van der Waals surface area contributed by atoms with Gasteiger partial charge >= 0.3 is 18.2 Å². The number of rotatable bonds is 11. The molecule has 4 N–H and O–H groups in total. The van der Waals surface area contributed by atoms with Crippen molar-refractivity contribution in [1.29, 1.82) is 5.26 Å². The van der Waals surface area contributed by atoms with E-state index in [2.05, 4.69) is 32.8 Å². The fraction of sp³-hybridized carbons (Fsp3) is 0.222. The molecule has 0 radical (unpaired) electrons. The molecule has 4 amide bonds. The first-order valence-corrected chi connectivity index (χ1v) is 11.9. The number of anilines is 2. The van der Waals surface area contributed by atoms with Gasteiger partial charge in [-0.05, 0) is 36.8 Å². The van der Waals surface area contributed by atoms with Crippen molar-refractivity contribution in [2.45, 2.75) is 25.9 Å². The molecule has 0 unspecified atom stereocenters. The van der Waals surface area contributed by atoms with E-state index in [0.29, 0.717) is 34.0 Å². The maximum absolute atomic E-state index is 12.6. The first-order chi connectivity index (χ1) is 19.3. The quantitative estimate of drug-likeness (QED) is 0.246. The van der Waals surface area contributed by atoms with Crippen molar-refractivity contribution in [2.24, 2.45) is 0 Å². The minimum absolute atomic E-state index is 0.0905. The highest BCUT2D eigenvalue weighted by Gasteiger charge is 2.16. The van der Waals surface area contributed by atoms with Crippen LogP contribution in [0, 0.1) is 11.3 Å². The lowest BCUT2D eigenvalue weighted by atomic mass is 10.1. The van der Waals surface area contributed by atoms with Crippen molar-refractivity contribution in [1.82, 2.24) is 15.6 Å². The fourth-order valence-corrected chi connectivity index (χ4v) is 3.39. The second kappa shape index (κ2) is 14.4. The van der Waals surface area contributed by atoms with Crippen LogP contribution in [0.15, 0.2) is 71.8 Å². The Morgan fingerprint density at radius 1 is 1.12 bits per heavy atom. The average Bonchev–Trinajstić information content (AvgIpc) is 3.45. The fourth-order valence-electron chi connectivity index (χ4n) is 3.39. The van der Waals surface area contributed by atoms with Crippen LogP contribution in [0.3, 0.4) is 0 Å². The van der Waals surface area contributed by atoms with Crippen LogP contribution in [-0.2, 0) is 16.0 Å². The van der Waals surface area contributed by atoms with Gasteiger partial charge in [-0.1, -0.05) is 18.7 Å². The highest BCUT2D eigenvalue weighted by atomic mass is 16.6. The number of allylic oxidation sites excluding steroid dienone is 1. The topological polar surface area (TPSA) is 177 Å². The van der Waals surface area contributed by atoms with E-state index in [1.165, 1.54) is 20.4 Å². The molecule has 0 spiro atoms. The first-order valence-electron chi connectivity index (χ1n) is 11.9. The molecule has 0 saturated heterocycles. The number of carbonyl (C=O) groups excluding carboxylic acids is 3. The number of carbonyl (C=O) groups is 3. The number of amides is 4. The Hall–Kier alpha value is -5.51.